The van der Waals surface area contributed by atoms with Crippen LogP contribution in [0.4, 0.5) is 0 Å². The fourth-order valence-corrected chi connectivity index (χ4v) is 7.83. The Labute approximate surface area is 424 Å². The van der Waals surface area contributed by atoms with Crippen LogP contribution >= 0.6 is 7.82 Å². The molecule has 0 aromatic rings. The number of hydrogen-bond donors (Lipinski definition) is 2. The van der Waals surface area contributed by atoms with E-state index < -0.39 is 26.6 Å². The van der Waals surface area contributed by atoms with E-state index in [0.29, 0.717) is 17.4 Å². The zero-order valence-electron chi connectivity index (χ0n) is 44.7. The molecule has 0 saturated carbocycles. The molecule has 0 spiro atoms. The van der Waals surface area contributed by atoms with Crippen LogP contribution < -0.4 is 10.2 Å². The molecule has 0 radical (unpaired) electrons. The van der Waals surface area contributed by atoms with Crippen LogP contribution in [0.15, 0.2) is 122 Å². The predicted molar refractivity (Wildman–Crippen MR) is 297 cm³/mol. The van der Waals surface area contributed by atoms with Crippen LogP contribution in [0.2, 0.25) is 0 Å². The average molecular weight is 979 g/mol. The lowest BCUT2D eigenvalue weighted by molar-refractivity contribution is -0.870. The van der Waals surface area contributed by atoms with Crippen LogP contribution in [-0.4, -0.2) is 68.5 Å². The summed E-state index contributed by atoms with van der Waals surface area (Å²) in [6, 6.07) is -0.922. The van der Waals surface area contributed by atoms with Gasteiger partial charge < -0.3 is 28.8 Å². The highest BCUT2D eigenvalue weighted by molar-refractivity contribution is 7.45. The highest BCUT2D eigenvalue weighted by atomic mass is 31.2. The number of likely N-dealkylation sites (N-methyl/N-ethyl adjacent to an activating group) is 1. The Morgan fingerprint density at radius 1 is 0.522 bits per heavy atom. The van der Waals surface area contributed by atoms with E-state index in [0.717, 1.165) is 103 Å². The summed E-state index contributed by atoms with van der Waals surface area (Å²) >= 11 is 0. The number of aliphatic hydroxyl groups is 1. The van der Waals surface area contributed by atoms with Crippen LogP contribution in [0.3, 0.4) is 0 Å². The van der Waals surface area contributed by atoms with E-state index in [4.69, 9.17) is 9.05 Å². The number of carbonyl (C=O) groups excluding carboxylic acids is 1. The number of carbonyl (C=O) groups is 1. The van der Waals surface area contributed by atoms with Crippen molar-refractivity contribution in [1.29, 1.82) is 0 Å². The van der Waals surface area contributed by atoms with Gasteiger partial charge in [0, 0.05) is 6.42 Å². The van der Waals surface area contributed by atoms with Gasteiger partial charge in [-0.2, -0.15) is 0 Å². The molecule has 0 aromatic heterocycles. The van der Waals surface area contributed by atoms with E-state index in [-0.39, 0.29) is 12.5 Å². The van der Waals surface area contributed by atoms with Gasteiger partial charge in [-0.1, -0.05) is 212 Å². The molecule has 0 aliphatic carbocycles. The van der Waals surface area contributed by atoms with Crippen molar-refractivity contribution >= 4 is 13.7 Å². The van der Waals surface area contributed by atoms with E-state index in [1.807, 2.05) is 27.2 Å². The van der Waals surface area contributed by atoms with Gasteiger partial charge in [0.05, 0.1) is 39.9 Å². The van der Waals surface area contributed by atoms with E-state index in [2.05, 4.69) is 129 Å². The predicted octanol–water partition coefficient (Wildman–Crippen LogP) is 16.0. The summed E-state index contributed by atoms with van der Waals surface area (Å²) in [4.78, 5) is 25.4. The molecular formula is C60H103N2O6P. The number of quaternary nitrogens is 1. The normalized spacial score (nSPS) is 14.9. The van der Waals surface area contributed by atoms with E-state index >= 15 is 0 Å². The molecule has 3 atom stereocenters. The zero-order chi connectivity index (χ0) is 50.6. The minimum absolute atomic E-state index is 0.0167. The van der Waals surface area contributed by atoms with Gasteiger partial charge in [-0.3, -0.25) is 9.36 Å². The van der Waals surface area contributed by atoms with Gasteiger partial charge in [-0.15, -0.1) is 0 Å². The van der Waals surface area contributed by atoms with Crippen LogP contribution in [-0.2, 0) is 18.4 Å². The fourth-order valence-electron chi connectivity index (χ4n) is 7.10. The van der Waals surface area contributed by atoms with Gasteiger partial charge in [0.15, 0.2) is 0 Å². The molecule has 0 aliphatic rings. The van der Waals surface area contributed by atoms with Crippen LogP contribution in [0, 0.1) is 0 Å². The molecule has 9 heteroatoms. The van der Waals surface area contributed by atoms with Gasteiger partial charge >= 0.3 is 0 Å². The number of rotatable bonds is 48. The second-order valence-corrected chi connectivity index (χ2v) is 20.6. The Hall–Kier alpha value is -3.10. The summed E-state index contributed by atoms with van der Waals surface area (Å²) in [7, 11) is 1.21. The number of unbranched alkanes of at least 4 members (excludes halogenated alkanes) is 17. The molecule has 0 rings (SSSR count). The van der Waals surface area contributed by atoms with E-state index in [9.17, 15) is 19.4 Å². The molecule has 0 saturated heterocycles. The summed E-state index contributed by atoms with van der Waals surface area (Å²) in [5, 5.41) is 13.8. The Kier molecular flexibility index (Phi) is 47.6. The summed E-state index contributed by atoms with van der Waals surface area (Å²) in [5.41, 5.74) is 0. The first-order valence-corrected chi connectivity index (χ1v) is 28.9. The molecule has 3 unspecified atom stereocenters. The van der Waals surface area contributed by atoms with Crippen LogP contribution in [0.25, 0.3) is 0 Å². The third kappa shape index (κ3) is 52.6. The first-order chi connectivity index (χ1) is 33.5. The summed E-state index contributed by atoms with van der Waals surface area (Å²) in [6.45, 7) is 4.47. The molecule has 0 heterocycles. The average Bonchev–Trinajstić information content (AvgIpc) is 3.31. The van der Waals surface area contributed by atoms with Crippen LogP contribution in [0.5, 0.6) is 0 Å². The van der Waals surface area contributed by atoms with Gasteiger partial charge in [0.1, 0.15) is 13.2 Å². The molecule has 8 nitrogen and oxygen atoms in total. The van der Waals surface area contributed by atoms with E-state index in [1.165, 1.54) is 77.0 Å². The number of nitrogens with one attached hydrogen (secondary N) is 1. The monoisotopic (exact) mass is 979 g/mol. The van der Waals surface area contributed by atoms with Crippen molar-refractivity contribution in [2.45, 2.75) is 212 Å². The summed E-state index contributed by atoms with van der Waals surface area (Å²) in [6.07, 6.45) is 74.1. The first kappa shape index (κ1) is 65.9. The highest BCUT2D eigenvalue weighted by Crippen LogP contribution is 2.38. The number of aliphatic hydroxyl groups excluding tert-OH is 1. The Morgan fingerprint density at radius 2 is 0.899 bits per heavy atom. The lowest BCUT2D eigenvalue weighted by Crippen LogP contribution is -2.45. The van der Waals surface area contributed by atoms with Crippen LogP contribution in [0.1, 0.15) is 200 Å². The zero-order valence-corrected chi connectivity index (χ0v) is 45.6. The second-order valence-electron chi connectivity index (χ2n) is 19.2. The number of allylic oxidation sites excluding steroid dienone is 19. The summed E-state index contributed by atoms with van der Waals surface area (Å²) < 4.78 is 23.3. The smallest absolute Gasteiger partial charge is 0.268 e. The van der Waals surface area contributed by atoms with Crippen molar-refractivity contribution in [3.63, 3.8) is 0 Å². The van der Waals surface area contributed by atoms with Crippen molar-refractivity contribution in [2.75, 3.05) is 40.9 Å². The maximum Gasteiger partial charge on any atom is 0.268 e. The lowest BCUT2D eigenvalue weighted by atomic mass is 10.1. The molecule has 0 bridgehead atoms. The van der Waals surface area contributed by atoms with Gasteiger partial charge in [0.25, 0.3) is 7.82 Å². The standard InChI is InChI=1S/C60H103N2O6P/c1-6-8-10-12-14-16-18-20-22-24-25-26-27-28-29-30-31-32-33-34-35-36-37-38-40-42-44-46-48-50-52-54-60(64)61-58(57-68-69(65,66)67-56-55-62(3,4)5)59(63)53-51-49-47-45-43-41-39-23-21-19-17-15-13-11-9-7-2/h8,10,14,16,20-23,25-26,28-29,31-32,34-35,43,45,51,53,58-59,63H,6-7,9,11-13,15,17-19,24,27,30,33,36-42,44,46-50,52,54-57H2,1-5H3,(H-,61,64,65,66)/b10-8-,16-14-,22-20-,23-21+,26-25-,29-28-,32-31-,35-34-,45-43+,53-51+. The van der Waals surface area contributed by atoms with Crippen molar-refractivity contribution in [1.82, 2.24) is 5.32 Å². The quantitative estimate of drug-likeness (QED) is 0.0272. The molecule has 0 aromatic carbocycles. The number of amides is 1. The topological polar surface area (TPSA) is 108 Å². The fraction of sp³-hybridized carbons (Fsp3) is 0.650. The molecule has 1 amide bonds. The van der Waals surface area contributed by atoms with Crippen molar-refractivity contribution in [3.8, 4) is 0 Å². The molecule has 394 valence electrons. The van der Waals surface area contributed by atoms with Crippen molar-refractivity contribution < 1.29 is 32.9 Å². The summed E-state index contributed by atoms with van der Waals surface area (Å²) in [5.74, 6) is -0.224. The number of hydrogen-bond acceptors (Lipinski definition) is 6. The SMILES string of the molecule is CC/C=C\C/C=C\C/C=C\C/C=C\C/C=C\C/C=C\C/C=C\CCCCCCCCCCCC(=O)NC(COP(=O)([O-])OCC[N+](C)(C)C)C(O)/C=C/CC/C=C/CC/C=C/CCCCCCCC. The largest absolute Gasteiger partial charge is 0.756 e. The minimum Gasteiger partial charge on any atom is -0.756 e. The van der Waals surface area contributed by atoms with Gasteiger partial charge in [0.2, 0.25) is 5.91 Å². The molecule has 69 heavy (non-hydrogen) atoms. The third-order valence-corrected chi connectivity index (χ3v) is 12.3. The lowest BCUT2D eigenvalue weighted by Gasteiger charge is -2.29. The van der Waals surface area contributed by atoms with Gasteiger partial charge in [-0.05, 0) is 103 Å². The van der Waals surface area contributed by atoms with Crippen molar-refractivity contribution in [2.24, 2.45) is 0 Å². The Morgan fingerprint density at radius 3 is 1.35 bits per heavy atom. The molecule has 0 fully saturated rings. The maximum atomic E-state index is 12.9. The second kappa shape index (κ2) is 49.9. The molecular weight excluding hydrogens is 876 g/mol. The number of phosphoric ester groups is 1. The Bertz CT molecular complexity index is 1530. The molecule has 2 N–H and O–H groups in total. The molecule has 0 aliphatic heterocycles. The van der Waals surface area contributed by atoms with Gasteiger partial charge in [-0.25, -0.2) is 0 Å². The number of nitrogens with zero attached hydrogens (tertiary/aromatic N) is 1. The number of phosphoric acid groups is 1. The maximum absolute atomic E-state index is 12.9. The van der Waals surface area contributed by atoms with E-state index in [1.54, 1.807) is 6.08 Å². The first-order valence-electron chi connectivity index (χ1n) is 27.4. The van der Waals surface area contributed by atoms with Crippen molar-refractivity contribution in [3.05, 3.63) is 122 Å². The Balaban J connectivity index is 4.29. The minimum atomic E-state index is -4.62. The highest BCUT2D eigenvalue weighted by Gasteiger charge is 2.23. The third-order valence-electron chi connectivity index (χ3n) is 11.4.